The van der Waals surface area contributed by atoms with E-state index in [4.69, 9.17) is 5.11 Å². The third-order valence-electron chi connectivity index (χ3n) is 2.25. The van der Waals surface area contributed by atoms with Crippen LogP contribution in [0.5, 0.6) is 0 Å². The van der Waals surface area contributed by atoms with Gasteiger partial charge in [0.15, 0.2) is 0 Å². The van der Waals surface area contributed by atoms with Gasteiger partial charge in [-0.2, -0.15) is 0 Å². The minimum absolute atomic E-state index is 0.00278. The van der Waals surface area contributed by atoms with E-state index in [0.717, 1.165) is 23.9 Å². The fourth-order valence-corrected chi connectivity index (χ4v) is 1.97. The molecule has 0 spiro atoms. The average molecular weight is 271 g/mol. The van der Waals surface area contributed by atoms with Crippen LogP contribution >= 0.6 is 11.8 Å². The molecule has 0 saturated carbocycles. The van der Waals surface area contributed by atoms with Gasteiger partial charge < -0.3 is 9.63 Å². The zero-order valence-corrected chi connectivity index (χ0v) is 9.92. The highest BCUT2D eigenvalue weighted by molar-refractivity contribution is 7.98. The van der Waals surface area contributed by atoms with E-state index < -0.39 is 23.4 Å². The van der Waals surface area contributed by atoms with Gasteiger partial charge in [-0.3, -0.25) is 0 Å². The van der Waals surface area contributed by atoms with E-state index in [-0.39, 0.29) is 16.2 Å². The van der Waals surface area contributed by atoms with E-state index >= 15 is 0 Å². The monoisotopic (exact) mass is 271 g/mol. The highest BCUT2D eigenvalue weighted by Crippen LogP contribution is 2.31. The molecular formula is C11H7F2NO3S. The molecule has 0 radical (unpaired) electrons. The molecule has 1 aromatic carbocycles. The number of halogens is 2. The van der Waals surface area contributed by atoms with Crippen LogP contribution in [0.2, 0.25) is 0 Å². The summed E-state index contributed by atoms with van der Waals surface area (Å²) >= 11 is 0.919. The maximum atomic E-state index is 13.9. The molecule has 0 bridgehead atoms. The van der Waals surface area contributed by atoms with Gasteiger partial charge in [0.25, 0.3) is 0 Å². The zero-order valence-electron chi connectivity index (χ0n) is 9.11. The van der Waals surface area contributed by atoms with E-state index in [0.29, 0.717) is 0 Å². The van der Waals surface area contributed by atoms with E-state index in [2.05, 4.69) is 9.68 Å². The van der Waals surface area contributed by atoms with Crippen LogP contribution < -0.4 is 0 Å². The number of nitrogens with zero attached hydrogens (tertiary/aromatic N) is 1. The number of aromatic nitrogens is 1. The van der Waals surface area contributed by atoms with Gasteiger partial charge in [-0.05, 0) is 18.4 Å². The maximum absolute atomic E-state index is 13.9. The summed E-state index contributed by atoms with van der Waals surface area (Å²) in [6.07, 6.45) is 1.54. The fraction of sp³-hybridized carbons (Fsp3) is 0.0909. The lowest BCUT2D eigenvalue weighted by molar-refractivity contribution is 0.0652. The number of hydrogen-bond donors (Lipinski definition) is 1. The van der Waals surface area contributed by atoms with Crippen LogP contribution in [-0.2, 0) is 0 Å². The normalized spacial score (nSPS) is 10.6. The Hall–Kier alpha value is -1.89. The Morgan fingerprint density at radius 2 is 2.17 bits per heavy atom. The predicted molar refractivity (Wildman–Crippen MR) is 60.6 cm³/mol. The summed E-state index contributed by atoms with van der Waals surface area (Å²) < 4.78 is 31.7. The number of thioether (sulfide) groups is 1. The minimum Gasteiger partial charge on any atom is -0.475 e. The number of aromatic carboxylic acids is 1. The number of carboxylic acid groups (broad SMARTS) is 1. The summed E-state index contributed by atoms with van der Waals surface area (Å²) in [5.74, 6) is -3.17. The summed E-state index contributed by atoms with van der Waals surface area (Å²) in [6.45, 7) is 0. The van der Waals surface area contributed by atoms with Crippen molar-refractivity contribution in [1.29, 1.82) is 0 Å². The molecule has 0 atom stereocenters. The molecule has 0 aliphatic rings. The van der Waals surface area contributed by atoms with Crippen LogP contribution in [0.25, 0.3) is 11.3 Å². The van der Waals surface area contributed by atoms with Crippen LogP contribution in [0.4, 0.5) is 8.78 Å². The van der Waals surface area contributed by atoms with Crippen molar-refractivity contribution >= 4 is 17.7 Å². The van der Waals surface area contributed by atoms with E-state index in [1.165, 1.54) is 12.3 Å². The van der Waals surface area contributed by atoms with Gasteiger partial charge in [-0.15, -0.1) is 11.8 Å². The Morgan fingerprint density at radius 1 is 1.44 bits per heavy atom. The van der Waals surface area contributed by atoms with Crippen molar-refractivity contribution in [2.24, 2.45) is 0 Å². The number of hydrogen-bond acceptors (Lipinski definition) is 4. The standard InChI is InChI=1S/C11H7F2NO3S/c1-18-10-6(12)3-2-5(9(10)13)7-4-8(11(15)16)17-14-7/h2-4H,1H3,(H,15,16). The third kappa shape index (κ3) is 2.08. The van der Waals surface area contributed by atoms with Gasteiger partial charge in [-0.25, -0.2) is 13.6 Å². The first-order chi connectivity index (χ1) is 8.54. The molecule has 7 heteroatoms. The van der Waals surface area contributed by atoms with Gasteiger partial charge in [0.2, 0.25) is 5.76 Å². The Bertz CT molecular complexity index is 612. The number of carbonyl (C=O) groups is 1. The van der Waals surface area contributed by atoms with Crippen molar-refractivity contribution in [1.82, 2.24) is 5.16 Å². The highest BCUT2D eigenvalue weighted by Gasteiger charge is 2.18. The molecule has 2 rings (SSSR count). The third-order valence-corrected chi connectivity index (χ3v) is 3.03. The molecule has 1 heterocycles. The molecule has 94 valence electrons. The lowest BCUT2D eigenvalue weighted by atomic mass is 10.1. The Morgan fingerprint density at radius 3 is 2.72 bits per heavy atom. The van der Waals surface area contributed by atoms with Crippen molar-refractivity contribution in [3.05, 3.63) is 35.6 Å². The summed E-state index contributed by atoms with van der Waals surface area (Å²) in [5.41, 5.74) is 0.0113. The minimum atomic E-state index is -1.30. The largest absolute Gasteiger partial charge is 0.475 e. The van der Waals surface area contributed by atoms with Gasteiger partial charge in [0.1, 0.15) is 17.3 Å². The van der Waals surface area contributed by atoms with Crippen LogP contribution in [0.1, 0.15) is 10.6 Å². The molecule has 0 fully saturated rings. The lowest BCUT2D eigenvalue weighted by Crippen LogP contribution is -1.93. The van der Waals surface area contributed by atoms with E-state index in [1.54, 1.807) is 0 Å². The second-order valence-electron chi connectivity index (χ2n) is 3.32. The van der Waals surface area contributed by atoms with Crippen LogP contribution in [-0.4, -0.2) is 22.5 Å². The van der Waals surface area contributed by atoms with E-state index in [9.17, 15) is 13.6 Å². The fourth-order valence-electron chi connectivity index (χ4n) is 1.42. The molecule has 1 N–H and O–H groups in total. The number of carboxylic acids is 1. The first-order valence-electron chi connectivity index (χ1n) is 4.77. The SMILES string of the molecule is CSc1c(F)ccc(-c2cc(C(=O)O)on2)c1F. The molecule has 0 unspecified atom stereocenters. The summed E-state index contributed by atoms with van der Waals surface area (Å²) in [5, 5.41) is 12.1. The summed E-state index contributed by atoms with van der Waals surface area (Å²) in [4.78, 5) is 10.5. The maximum Gasteiger partial charge on any atom is 0.374 e. The number of rotatable bonds is 3. The Labute approximate surface area is 105 Å². The molecule has 1 aromatic heterocycles. The van der Waals surface area contributed by atoms with Crippen molar-refractivity contribution in [3.63, 3.8) is 0 Å². The molecule has 18 heavy (non-hydrogen) atoms. The topological polar surface area (TPSA) is 63.3 Å². The average Bonchev–Trinajstić information content (AvgIpc) is 2.79. The first kappa shape index (κ1) is 12.6. The molecule has 0 amide bonds. The van der Waals surface area contributed by atoms with Crippen molar-refractivity contribution in [2.75, 3.05) is 6.26 Å². The van der Waals surface area contributed by atoms with E-state index in [1.807, 2.05) is 0 Å². The molecule has 2 aromatic rings. The molecule has 0 aliphatic carbocycles. The van der Waals surface area contributed by atoms with Gasteiger partial charge in [0.05, 0.1) is 4.90 Å². The Kier molecular flexibility index (Phi) is 3.33. The smallest absolute Gasteiger partial charge is 0.374 e. The number of benzene rings is 1. The van der Waals surface area contributed by atoms with Crippen molar-refractivity contribution < 1.29 is 23.2 Å². The van der Waals surface area contributed by atoms with Crippen molar-refractivity contribution in [2.45, 2.75) is 4.90 Å². The summed E-state index contributed by atoms with van der Waals surface area (Å²) in [6, 6.07) is 3.37. The molecule has 4 nitrogen and oxygen atoms in total. The predicted octanol–water partition coefficient (Wildman–Crippen LogP) is 3.04. The second kappa shape index (κ2) is 4.77. The highest BCUT2D eigenvalue weighted by atomic mass is 32.2. The van der Waals surface area contributed by atoms with Crippen LogP contribution in [0.15, 0.2) is 27.6 Å². The Balaban J connectivity index is 2.53. The molecule has 0 saturated heterocycles. The van der Waals surface area contributed by atoms with Crippen LogP contribution in [0, 0.1) is 11.6 Å². The quantitative estimate of drug-likeness (QED) is 0.869. The zero-order chi connectivity index (χ0) is 13.3. The van der Waals surface area contributed by atoms with Crippen LogP contribution in [0.3, 0.4) is 0 Å². The first-order valence-corrected chi connectivity index (χ1v) is 5.99. The second-order valence-corrected chi connectivity index (χ2v) is 4.14. The lowest BCUT2D eigenvalue weighted by Gasteiger charge is -2.04. The van der Waals surface area contributed by atoms with Crippen molar-refractivity contribution in [3.8, 4) is 11.3 Å². The summed E-state index contributed by atoms with van der Waals surface area (Å²) in [7, 11) is 0. The molecule has 0 aliphatic heterocycles. The van der Waals surface area contributed by atoms with Gasteiger partial charge in [-0.1, -0.05) is 5.16 Å². The van der Waals surface area contributed by atoms with Gasteiger partial charge >= 0.3 is 5.97 Å². The van der Waals surface area contributed by atoms with Gasteiger partial charge in [0, 0.05) is 11.6 Å². The molecular weight excluding hydrogens is 264 g/mol.